The van der Waals surface area contributed by atoms with Crippen LogP contribution >= 0.6 is 0 Å². The van der Waals surface area contributed by atoms with E-state index in [1.165, 1.54) is 28.8 Å². The van der Waals surface area contributed by atoms with Crippen LogP contribution in [0.4, 0.5) is 5.69 Å². The fraction of sp³-hybridized carbons (Fsp3) is 0.588. The summed E-state index contributed by atoms with van der Waals surface area (Å²) in [6.45, 7) is 7.32. The Morgan fingerprint density at radius 3 is 2.37 bits per heavy atom. The minimum atomic E-state index is 0.235. The van der Waals surface area contributed by atoms with Crippen LogP contribution in [0, 0.1) is 26.7 Å². The third-order valence-electron chi connectivity index (χ3n) is 4.19. The van der Waals surface area contributed by atoms with Crippen molar-refractivity contribution in [2.75, 3.05) is 18.5 Å². The van der Waals surface area contributed by atoms with E-state index in [2.05, 4.69) is 44.9 Å². The molecule has 2 heteroatoms. The molecule has 1 aromatic rings. The molecule has 0 spiro atoms. The van der Waals surface area contributed by atoms with Crippen LogP contribution < -0.4 is 4.90 Å². The van der Waals surface area contributed by atoms with Gasteiger partial charge in [0.15, 0.2) is 0 Å². The number of carbonyl (C=O) groups is 1. The van der Waals surface area contributed by atoms with Crippen molar-refractivity contribution in [3.05, 3.63) is 28.8 Å². The number of nitrogens with zero attached hydrogens (tertiary/aromatic N) is 1. The molecule has 0 bridgehead atoms. The summed E-state index contributed by atoms with van der Waals surface area (Å²) >= 11 is 0. The van der Waals surface area contributed by atoms with E-state index in [0.29, 0.717) is 5.78 Å². The molecular weight excluding hydrogens is 234 g/mol. The van der Waals surface area contributed by atoms with Crippen molar-refractivity contribution in [1.29, 1.82) is 0 Å². The van der Waals surface area contributed by atoms with Crippen LogP contribution in [0.1, 0.15) is 42.4 Å². The van der Waals surface area contributed by atoms with E-state index >= 15 is 0 Å². The monoisotopic (exact) mass is 259 g/mol. The molecule has 1 atom stereocenters. The molecule has 0 aliphatic heterocycles. The Hall–Kier alpha value is -1.31. The van der Waals surface area contributed by atoms with Crippen molar-refractivity contribution >= 4 is 11.5 Å². The standard InChI is InChI=1S/C17H25NO/c1-12-9-13(2)17(14(3)10-12)18(4)11-15-7-5-6-8-16(15)19/h9-10,15H,5-8,11H2,1-4H3. The molecule has 1 saturated carbocycles. The number of hydrogen-bond acceptors (Lipinski definition) is 2. The normalized spacial score (nSPS) is 19.6. The predicted octanol–water partition coefficient (Wildman–Crippen LogP) is 3.81. The number of benzene rings is 1. The van der Waals surface area contributed by atoms with E-state index in [1.807, 2.05) is 0 Å². The lowest BCUT2D eigenvalue weighted by molar-refractivity contribution is -0.124. The Kier molecular flexibility index (Phi) is 4.28. The maximum Gasteiger partial charge on any atom is 0.137 e. The summed E-state index contributed by atoms with van der Waals surface area (Å²) in [6, 6.07) is 4.45. The topological polar surface area (TPSA) is 20.3 Å². The first-order valence-electron chi connectivity index (χ1n) is 7.30. The van der Waals surface area contributed by atoms with Crippen LogP contribution in [0.15, 0.2) is 12.1 Å². The summed E-state index contributed by atoms with van der Waals surface area (Å²) in [7, 11) is 2.12. The molecule has 104 valence electrons. The lowest BCUT2D eigenvalue weighted by Gasteiger charge is -2.29. The number of hydrogen-bond donors (Lipinski definition) is 0. The number of carbonyl (C=O) groups excluding carboxylic acids is 1. The zero-order valence-corrected chi connectivity index (χ0v) is 12.6. The van der Waals surface area contributed by atoms with Crippen molar-refractivity contribution in [3.63, 3.8) is 0 Å². The molecule has 2 nitrogen and oxygen atoms in total. The third-order valence-corrected chi connectivity index (χ3v) is 4.19. The fourth-order valence-electron chi connectivity index (χ4n) is 3.44. The quantitative estimate of drug-likeness (QED) is 0.822. The van der Waals surface area contributed by atoms with Crippen LogP contribution in [-0.2, 0) is 4.79 Å². The molecule has 19 heavy (non-hydrogen) atoms. The summed E-state index contributed by atoms with van der Waals surface area (Å²) < 4.78 is 0. The van der Waals surface area contributed by atoms with Gasteiger partial charge >= 0.3 is 0 Å². The summed E-state index contributed by atoms with van der Waals surface area (Å²) in [5.41, 5.74) is 5.22. The highest BCUT2D eigenvalue weighted by atomic mass is 16.1. The minimum Gasteiger partial charge on any atom is -0.373 e. The van der Waals surface area contributed by atoms with Gasteiger partial charge < -0.3 is 4.90 Å². The zero-order valence-electron chi connectivity index (χ0n) is 12.6. The second-order valence-electron chi connectivity index (χ2n) is 6.04. The molecule has 0 heterocycles. The number of anilines is 1. The maximum atomic E-state index is 12.0. The average molecular weight is 259 g/mol. The largest absolute Gasteiger partial charge is 0.373 e. The molecule has 1 aliphatic carbocycles. The van der Waals surface area contributed by atoms with Gasteiger partial charge in [0.05, 0.1) is 0 Å². The smallest absolute Gasteiger partial charge is 0.137 e. The van der Waals surface area contributed by atoms with Gasteiger partial charge in [-0.25, -0.2) is 0 Å². The van der Waals surface area contributed by atoms with Crippen LogP contribution in [0.5, 0.6) is 0 Å². The summed E-state index contributed by atoms with van der Waals surface area (Å²) in [5, 5.41) is 0. The Morgan fingerprint density at radius 1 is 1.16 bits per heavy atom. The van der Waals surface area contributed by atoms with Crippen molar-refractivity contribution in [2.24, 2.45) is 5.92 Å². The first-order chi connectivity index (χ1) is 8.99. The van der Waals surface area contributed by atoms with E-state index in [-0.39, 0.29) is 5.92 Å². The first kappa shape index (κ1) is 14.1. The first-order valence-corrected chi connectivity index (χ1v) is 7.30. The number of ketones is 1. The van der Waals surface area contributed by atoms with Gasteiger partial charge in [0, 0.05) is 31.6 Å². The van der Waals surface area contributed by atoms with E-state index in [1.54, 1.807) is 0 Å². The molecule has 0 N–H and O–H groups in total. The Morgan fingerprint density at radius 2 is 1.79 bits per heavy atom. The van der Waals surface area contributed by atoms with Gasteiger partial charge in [0.2, 0.25) is 0 Å². The molecule has 0 radical (unpaired) electrons. The van der Waals surface area contributed by atoms with Crippen molar-refractivity contribution < 1.29 is 4.79 Å². The van der Waals surface area contributed by atoms with E-state index in [9.17, 15) is 4.79 Å². The van der Waals surface area contributed by atoms with Crippen molar-refractivity contribution in [1.82, 2.24) is 0 Å². The molecule has 1 fully saturated rings. The molecular formula is C17H25NO. The van der Waals surface area contributed by atoms with Gasteiger partial charge in [0.1, 0.15) is 5.78 Å². The maximum absolute atomic E-state index is 12.0. The second kappa shape index (κ2) is 5.77. The molecule has 1 unspecified atom stereocenters. The van der Waals surface area contributed by atoms with E-state index in [4.69, 9.17) is 0 Å². The summed E-state index contributed by atoms with van der Waals surface area (Å²) in [4.78, 5) is 14.2. The second-order valence-corrected chi connectivity index (χ2v) is 6.04. The van der Waals surface area contributed by atoms with Crippen LogP contribution in [0.2, 0.25) is 0 Å². The Labute approximate surface area is 116 Å². The lowest BCUT2D eigenvalue weighted by atomic mass is 9.87. The molecule has 1 aliphatic rings. The van der Waals surface area contributed by atoms with Gasteiger partial charge in [0.25, 0.3) is 0 Å². The zero-order chi connectivity index (χ0) is 14.0. The minimum absolute atomic E-state index is 0.235. The van der Waals surface area contributed by atoms with Crippen LogP contribution in [0.25, 0.3) is 0 Å². The van der Waals surface area contributed by atoms with Crippen LogP contribution in [0.3, 0.4) is 0 Å². The van der Waals surface area contributed by atoms with Gasteiger partial charge in [-0.2, -0.15) is 0 Å². The summed E-state index contributed by atoms with van der Waals surface area (Å²) in [5.74, 6) is 0.694. The summed E-state index contributed by atoms with van der Waals surface area (Å²) in [6.07, 6.45) is 4.13. The number of aryl methyl sites for hydroxylation is 3. The molecule has 0 aromatic heterocycles. The molecule has 2 rings (SSSR count). The highest BCUT2D eigenvalue weighted by Crippen LogP contribution is 2.28. The SMILES string of the molecule is Cc1cc(C)c(N(C)CC2CCCCC2=O)c(C)c1. The number of Topliss-reactive ketones (excluding diaryl/α,β-unsaturated/α-hetero) is 1. The Bertz CT molecular complexity index is 455. The van der Waals surface area contributed by atoms with Crippen molar-refractivity contribution in [3.8, 4) is 0 Å². The molecule has 1 aromatic carbocycles. The van der Waals surface area contributed by atoms with Gasteiger partial charge in [-0.05, 0) is 44.7 Å². The Balaban J connectivity index is 2.15. The average Bonchev–Trinajstić information content (AvgIpc) is 2.30. The third kappa shape index (κ3) is 3.17. The lowest BCUT2D eigenvalue weighted by Crippen LogP contribution is -2.33. The number of rotatable bonds is 3. The van der Waals surface area contributed by atoms with Gasteiger partial charge in [-0.15, -0.1) is 0 Å². The van der Waals surface area contributed by atoms with Crippen molar-refractivity contribution in [2.45, 2.75) is 46.5 Å². The predicted molar refractivity (Wildman–Crippen MR) is 80.9 cm³/mol. The molecule has 0 saturated heterocycles. The fourth-order valence-corrected chi connectivity index (χ4v) is 3.44. The van der Waals surface area contributed by atoms with E-state index in [0.717, 1.165) is 25.8 Å². The van der Waals surface area contributed by atoms with Crippen LogP contribution in [-0.4, -0.2) is 19.4 Å². The highest BCUT2D eigenvalue weighted by molar-refractivity contribution is 5.82. The highest BCUT2D eigenvalue weighted by Gasteiger charge is 2.24. The van der Waals surface area contributed by atoms with Gasteiger partial charge in [-0.3, -0.25) is 4.79 Å². The van der Waals surface area contributed by atoms with Gasteiger partial charge in [-0.1, -0.05) is 24.1 Å². The molecule has 0 amide bonds. The van der Waals surface area contributed by atoms with E-state index < -0.39 is 0 Å².